The zero-order valence-corrected chi connectivity index (χ0v) is 11.0. The normalized spacial score (nSPS) is 11.8. The van der Waals surface area contributed by atoms with Gasteiger partial charge in [0.1, 0.15) is 0 Å². The van der Waals surface area contributed by atoms with Crippen molar-refractivity contribution in [2.75, 3.05) is 0 Å². The second kappa shape index (κ2) is 6.01. The first-order valence-electron chi connectivity index (χ1n) is 6.15. The zero-order valence-electron chi connectivity index (χ0n) is 11.0. The minimum absolute atomic E-state index is 0.180. The van der Waals surface area contributed by atoms with Crippen molar-refractivity contribution in [1.29, 1.82) is 0 Å². The fourth-order valence-electron chi connectivity index (χ4n) is 1.91. The highest BCUT2D eigenvalue weighted by molar-refractivity contribution is 5.75. The summed E-state index contributed by atoms with van der Waals surface area (Å²) >= 11 is 0. The number of carbonyl (C=O) groups excluding carboxylic acids is 1. The fraction of sp³-hybridized carbons (Fsp3) is 0.214. The third-order valence-corrected chi connectivity index (χ3v) is 2.78. The molecule has 1 aromatic heterocycles. The first-order valence-corrected chi connectivity index (χ1v) is 6.15. The highest BCUT2D eigenvalue weighted by Crippen LogP contribution is 2.18. The number of amides is 1. The summed E-state index contributed by atoms with van der Waals surface area (Å²) in [5, 5.41) is 15.7. The van der Waals surface area contributed by atoms with Crippen LogP contribution in [0.25, 0.3) is 5.69 Å². The second-order valence-electron chi connectivity index (χ2n) is 4.40. The summed E-state index contributed by atoms with van der Waals surface area (Å²) in [6, 6.07) is 8.88. The molecule has 0 spiro atoms. The number of aliphatic carboxylic acids is 1. The van der Waals surface area contributed by atoms with Gasteiger partial charge in [-0.05, 0) is 12.1 Å². The number of benzene rings is 1. The van der Waals surface area contributed by atoms with Crippen LogP contribution in [0.15, 0.2) is 42.7 Å². The number of carboxylic acid groups (broad SMARTS) is 1. The van der Waals surface area contributed by atoms with E-state index in [0.717, 1.165) is 5.69 Å². The molecule has 1 unspecified atom stereocenters. The lowest BCUT2D eigenvalue weighted by molar-refractivity contribution is -0.137. The monoisotopic (exact) mass is 273 g/mol. The molecule has 20 heavy (non-hydrogen) atoms. The molecule has 104 valence electrons. The Bertz CT molecular complexity index is 591. The molecule has 0 saturated carbocycles. The lowest BCUT2D eigenvalue weighted by Gasteiger charge is -2.13. The van der Waals surface area contributed by atoms with Crippen LogP contribution < -0.4 is 5.32 Å². The molecule has 2 N–H and O–H groups in total. The van der Waals surface area contributed by atoms with Gasteiger partial charge in [0.15, 0.2) is 0 Å². The number of hydrogen-bond donors (Lipinski definition) is 2. The molecule has 0 bridgehead atoms. The van der Waals surface area contributed by atoms with Gasteiger partial charge in [-0.1, -0.05) is 18.2 Å². The average molecular weight is 273 g/mol. The van der Waals surface area contributed by atoms with Crippen LogP contribution in [0.4, 0.5) is 0 Å². The van der Waals surface area contributed by atoms with Gasteiger partial charge < -0.3 is 10.4 Å². The number of rotatable bonds is 5. The highest BCUT2D eigenvalue weighted by atomic mass is 16.4. The number of hydrogen-bond acceptors (Lipinski definition) is 3. The Labute approximate surface area is 116 Å². The van der Waals surface area contributed by atoms with Gasteiger partial charge >= 0.3 is 5.97 Å². The van der Waals surface area contributed by atoms with Crippen molar-refractivity contribution in [3.63, 3.8) is 0 Å². The topological polar surface area (TPSA) is 84.2 Å². The molecule has 0 aliphatic heterocycles. The van der Waals surface area contributed by atoms with E-state index in [1.54, 1.807) is 17.1 Å². The van der Waals surface area contributed by atoms with E-state index in [0.29, 0.717) is 5.56 Å². The molecule has 0 fully saturated rings. The summed E-state index contributed by atoms with van der Waals surface area (Å²) in [5.41, 5.74) is 1.53. The summed E-state index contributed by atoms with van der Waals surface area (Å²) in [6.07, 6.45) is 3.11. The van der Waals surface area contributed by atoms with Gasteiger partial charge in [-0.25, -0.2) is 4.68 Å². The first kappa shape index (κ1) is 13.8. The van der Waals surface area contributed by atoms with Gasteiger partial charge in [0.05, 0.1) is 24.3 Å². The smallest absolute Gasteiger partial charge is 0.305 e. The maximum absolute atomic E-state index is 11.2. The molecule has 1 atom stereocenters. The van der Waals surface area contributed by atoms with E-state index in [-0.39, 0.29) is 12.3 Å². The molecular formula is C14H15N3O3. The van der Waals surface area contributed by atoms with Gasteiger partial charge in [-0.2, -0.15) is 5.10 Å². The van der Waals surface area contributed by atoms with Crippen molar-refractivity contribution >= 4 is 11.9 Å². The predicted octanol–water partition coefficient (Wildman–Crippen LogP) is 1.52. The minimum atomic E-state index is -0.976. The number of nitrogens with zero attached hydrogens (tertiary/aromatic N) is 2. The van der Waals surface area contributed by atoms with E-state index in [9.17, 15) is 9.59 Å². The van der Waals surface area contributed by atoms with E-state index in [4.69, 9.17) is 5.11 Å². The second-order valence-corrected chi connectivity index (χ2v) is 4.40. The molecule has 0 aliphatic rings. The number of carbonyl (C=O) groups is 2. The first-order chi connectivity index (χ1) is 9.56. The molecule has 6 nitrogen and oxygen atoms in total. The van der Waals surface area contributed by atoms with E-state index < -0.39 is 12.0 Å². The summed E-state index contributed by atoms with van der Waals surface area (Å²) in [4.78, 5) is 22.0. The largest absolute Gasteiger partial charge is 0.481 e. The van der Waals surface area contributed by atoms with E-state index >= 15 is 0 Å². The Hall–Kier alpha value is -2.63. The standard InChI is InChI=1S/C14H15N3O3/c1-10(18)16-13(7-14(19)20)11-8-15-17(9-11)12-5-3-2-4-6-12/h2-6,8-9,13H,7H2,1H3,(H,16,18)(H,19,20). The molecule has 6 heteroatoms. The van der Waals surface area contributed by atoms with Gasteiger partial charge in [0, 0.05) is 18.7 Å². The summed E-state index contributed by atoms with van der Waals surface area (Å²) in [6.45, 7) is 1.36. The third-order valence-electron chi connectivity index (χ3n) is 2.78. The van der Waals surface area contributed by atoms with Crippen molar-refractivity contribution in [3.05, 3.63) is 48.3 Å². The minimum Gasteiger partial charge on any atom is -0.481 e. The van der Waals surface area contributed by atoms with E-state index in [1.165, 1.54) is 6.92 Å². The Balaban J connectivity index is 2.24. The third kappa shape index (κ3) is 3.44. The van der Waals surface area contributed by atoms with Crippen LogP contribution in [-0.2, 0) is 9.59 Å². The molecule has 1 amide bonds. The molecule has 0 aliphatic carbocycles. The molecule has 2 rings (SSSR count). The van der Waals surface area contributed by atoms with Gasteiger partial charge in [0.25, 0.3) is 0 Å². The van der Waals surface area contributed by atoms with Crippen LogP contribution in [0.3, 0.4) is 0 Å². The van der Waals surface area contributed by atoms with Crippen LogP contribution >= 0.6 is 0 Å². The molecule has 1 aromatic carbocycles. The molecule has 1 heterocycles. The Morgan fingerprint density at radius 1 is 1.35 bits per heavy atom. The van der Waals surface area contributed by atoms with Crippen molar-refractivity contribution in [2.45, 2.75) is 19.4 Å². The number of nitrogens with one attached hydrogen (secondary N) is 1. The quantitative estimate of drug-likeness (QED) is 0.865. The van der Waals surface area contributed by atoms with Crippen LogP contribution in [0, 0.1) is 0 Å². The fourth-order valence-corrected chi connectivity index (χ4v) is 1.91. The summed E-state index contributed by atoms with van der Waals surface area (Å²) in [5.74, 6) is -1.25. The average Bonchev–Trinajstić information content (AvgIpc) is 2.87. The number of carboxylic acids is 1. The molecule has 2 aromatic rings. The zero-order chi connectivity index (χ0) is 14.5. The summed E-state index contributed by atoms with van der Waals surface area (Å²) < 4.78 is 1.64. The maximum Gasteiger partial charge on any atom is 0.305 e. The van der Waals surface area contributed by atoms with Crippen molar-refractivity contribution in [2.24, 2.45) is 0 Å². The van der Waals surface area contributed by atoms with E-state index in [2.05, 4.69) is 10.4 Å². The van der Waals surface area contributed by atoms with Gasteiger partial charge in [-0.15, -0.1) is 0 Å². The van der Waals surface area contributed by atoms with Crippen LogP contribution in [-0.4, -0.2) is 26.8 Å². The Morgan fingerprint density at radius 2 is 2.05 bits per heavy atom. The lowest BCUT2D eigenvalue weighted by Crippen LogP contribution is -2.27. The van der Waals surface area contributed by atoms with Crippen molar-refractivity contribution in [3.8, 4) is 5.69 Å². The predicted molar refractivity (Wildman–Crippen MR) is 72.4 cm³/mol. The molecular weight excluding hydrogens is 258 g/mol. The molecule has 0 saturated heterocycles. The van der Waals surface area contributed by atoms with Crippen molar-refractivity contribution in [1.82, 2.24) is 15.1 Å². The Kier molecular flexibility index (Phi) is 4.14. The lowest BCUT2D eigenvalue weighted by atomic mass is 10.1. The summed E-state index contributed by atoms with van der Waals surface area (Å²) in [7, 11) is 0. The van der Waals surface area contributed by atoms with Gasteiger partial charge in [-0.3, -0.25) is 9.59 Å². The SMILES string of the molecule is CC(=O)NC(CC(=O)O)c1cnn(-c2ccccc2)c1. The van der Waals surface area contributed by atoms with Gasteiger partial charge in [0.2, 0.25) is 5.91 Å². The van der Waals surface area contributed by atoms with Crippen molar-refractivity contribution < 1.29 is 14.7 Å². The number of aromatic nitrogens is 2. The number of para-hydroxylation sites is 1. The Morgan fingerprint density at radius 3 is 2.65 bits per heavy atom. The highest BCUT2D eigenvalue weighted by Gasteiger charge is 2.18. The maximum atomic E-state index is 11.2. The van der Waals surface area contributed by atoms with Crippen LogP contribution in [0.1, 0.15) is 24.9 Å². The van der Waals surface area contributed by atoms with Crippen LogP contribution in [0.5, 0.6) is 0 Å². The van der Waals surface area contributed by atoms with Crippen LogP contribution in [0.2, 0.25) is 0 Å². The van der Waals surface area contributed by atoms with E-state index in [1.807, 2.05) is 30.3 Å². The molecule has 0 radical (unpaired) electrons.